The SMILES string of the molecule is CCOC(=O)CN=C(N)NC1CC1. The van der Waals surface area contributed by atoms with Crippen molar-refractivity contribution in [3.8, 4) is 0 Å². The van der Waals surface area contributed by atoms with E-state index in [1.54, 1.807) is 6.92 Å². The van der Waals surface area contributed by atoms with Crippen LogP contribution in [-0.4, -0.2) is 31.1 Å². The second kappa shape index (κ2) is 4.69. The van der Waals surface area contributed by atoms with Gasteiger partial charge in [0, 0.05) is 6.04 Å². The maximum atomic E-state index is 10.8. The van der Waals surface area contributed by atoms with Gasteiger partial charge < -0.3 is 15.8 Å². The first-order chi connectivity index (χ1) is 6.22. The van der Waals surface area contributed by atoms with Crippen molar-refractivity contribution in [2.75, 3.05) is 13.2 Å². The first-order valence-electron chi connectivity index (χ1n) is 4.44. The molecule has 1 fully saturated rings. The maximum absolute atomic E-state index is 10.8. The average Bonchev–Trinajstić information content (AvgIpc) is 2.85. The van der Waals surface area contributed by atoms with Crippen LogP contribution in [0, 0.1) is 0 Å². The number of ether oxygens (including phenoxy) is 1. The maximum Gasteiger partial charge on any atom is 0.327 e. The van der Waals surface area contributed by atoms with Crippen molar-refractivity contribution in [1.82, 2.24) is 5.32 Å². The van der Waals surface area contributed by atoms with E-state index >= 15 is 0 Å². The van der Waals surface area contributed by atoms with E-state index in [-0.39, 0.29) is 12.5 Å². The number of guanidine groups is 1. The van der Waals surface area contributed by atoms with Gasteiger partial charge in [-0.25, -0.2) is 4.99 Å². The summed E-state index contributed by atoms with van der Waals surface area (Å²) in [4.78, 5) is 14.7. The Kier molecular flexibility index (Phi) is 3.54. The molecule has 1 aliphatic carbocycles. The van der Waals surface area contributed by atoms with Crippen molar-refractivity contribution in [3.63, 3.8) is 0 Å². The highest BCUT2D eigenvalue weighted by Gasteiger charge is 2.21. The van der Waals surface area contributed by atoms with Crippen LogP contribution >= 0.6 is 0 Å². The molecule has 0 aliphatic heterocycles. The molecule has 0 aromatic carbocycles. The number of aliphatic imine (C=N–C) groups is 1. The van der Waals surface area contributed by atoms with Crippen molar-refractivity contribution in [3.05, 3.63) is 0 Å². The highest BCUT2D eigenvalue weighted by molar-refractivity contribution is 5.81. The van der Waals surface area contributed by atoms with Crippen molar-refractivity contribution in [1.29, 1.82) is 0 Å². The van der Waals surface area contributed by atoms with Crippen LogP contribution in [0.5, 0.6) is 0 Å². The van der Waals surface area contributed by atoms with Crippen LogP contribution in [0.1, 0.15) is 19.8 Å². The minimum absolute atomic E-state index is 0.000602. The molecule has 74 valence electrons. The first-order valence-corrected chi connectivity index (χ1v) is 4.44. The zero-order valence-electron chi connectivity index (χ0n) is 7.75. The second-order valence-corrected chi connectivity index (χ2v) is 2.93. The first kappa shape index (κ1) is 9.83. The molecule has 5 heteroatoms. The fourth-order valence-electron chi connectivity index (χ4n) is 0.839. The summed E-state index contributed by atoms with van der Waals surface area (Å²) >= 11 is 0. The third kappa shape index (κ3) is 4.35. The lowest BCUT2D eigenvalue weighted by molar-refractivity contribution is -0.141. The molecule has 0 bridgehead atoms. The fraction of sp³-hybridized carbons (Fsp3) is 0.750. The van der Waals surface area contributed by atoms with Crippen LogP contribution in [0.2, 0.25) is 0 Å². The normalized spacial score (nSPS) is 16.8. The van der Waals surface area contributed by atoms with Crippen LogP contribution in [-0.2, 0) is 9.53 Å². The van der Waals surface area contributed by atoms with Crippen molar-refractivity contribution in [2.45, 2.75) is 25.8 Å². The minimum Gasteiger partial charge on any atom is -0.465 e. The van der Waals surface area contributed by atoms with E-state index in [1.165, 1.54) is 0 Å². The highest BCUT2D eigenvalue weighted by atomic mass is 16.5. The lowest BCUT2D eigenvalue weighted by Gasteiger charge is -2.02. The third-order valence-corrected chi connectivity index (χ3v) is 1.61. The number of esters is 1. The molecular formula is C8H15N3O2. The van der Waals surface area contributed by atoms with Crippen molar-refractivity contribution in [2.24, 2.45) is 10.7 Å². The van der Waals surface area contributed by atoms with E-state index < -0.39 is 0 Å². The van der Waals surface area contributed by atoms with E-state index in [2.05, 4.69) is 15.0 Å². The van der Waals surface area contributed by atoms with Crippen LogP contribution in [0.4, 0.5) is 0 Å². The molecule has 1 aliphatic rings. The van der Waals surface area contributed by atoms with E-state index in [4.69, 9.17) is 5.73 Å². The number of nitrogens with zero attached hydrogens (tertiary/aromatic N) is 1. The van der Waals surface area contributed by atoms with E-state index in [0.29, 0.717) is 18.6 Å². The molecule has 13 heavy (non-hydrogen) atoms. The summed E-state index contributed by atoms with van der Waals surface area (Å²) in [5, 5.41) is 2.97. The predicted octanol–water partition coefficient (Wildman–Crippen LogP) is -0.384. The molecule has 5 nitrogen and oxygen atoms in total. The molecule has 0 unspecified atom stereocenters. The highest BCUT2D eigenvalue weighted by Crippen LogP contribution is 2.17. The number of carbonyl (C=O) groups is 1. The topological polar surface area (TPSA) is 76.7 Å². The van der Waals surface area contributed by atoms with E-state index in [1.807, 2.05) is 0 Å². The zero-order chi connectivity index (χ0) is 9.68. The Labute approximate surface area is 77.3 Å². The predicted molar refractivity (Wildman–Crippen MR) is 49.3 cm³/mol. The van der Waals surface area contributed by atoms with Crippen molar-refractivity contribution < 1.29 is 9.53 Å². The Bertz CT molecular complexity index is 211. The van der Waals surface area contributed by atoms with Gasteiger partial charge in [0.25, 0.3) is 0 Å². The third-order valence-electron chi connectivity index (χ3n) is 1.61. The van der Waals surface area contributed by atoms with Crippen LogP contribution in [0.3, 0.4) is 0 Å². The van der Waals surface area contributed by atoms with E-state index in [0.717, 1.165) is 12.8 Å². The number of carbonyl (C=O) groups excluding carboxylic acids is 1. The number of hydrogen-bond acceptors (Lipinski definition) is 3. The van der Waals surface area contributed by atoms with Crippen LogP contribution in [0.25, 0.3) is 0 Å². The monoisotopic (exact) mass is 185 g/mol. The largest absolute Gasteiger partial charge is 0.465 e. The molecule has 1 saturated carbocycles. The van der Waals surface area contributed by atoms with Gasteiger partial charge in [-0.3, -0.25) is 4.79 Å². The zero-order valence-corrected chi connectivity index (χ0v) is 7.75. The van der Waals surface area contributed by atoms with Gasteiger partial charge in [0.1, 0.15) is 6.54 Å². The number of hydrogen-bond donors (Lipinski definition) is 2. The van der Waals surface area contributed by atoms with Gasteiger partial charge in [-0.15, -0.1) is 0 Å². The Morgan fingerprint density at radius 1 is 1.69 bits per heavy atom. The summed E-state index contributed by atoms with van der Waals surface area (Å²) in [5.74, 6) is -0.0152. The summed E-state index contributed by atoms with van der Waals surface area (Å²) in [6.45, 7) is 2.14. The van der Waals surface area contributed by atoms with Gasteiger partial charge in [-0.05, 0) is 19.8 Å². The molecule has 3 N–H and O–H groups in total. The summed E-state index contributed by atoms with van der Waals surface area (Å²) in [6, 6.07) is 0.464. The Hall–Kier alpha value is -1.26. The molecule has 1 rings (SSSR count). The Balaban J connectivity index is 2.16. The molecule has 0 amide bonds. The van der Waals surface area contributed by atoms with Gasteiger partial charge >= 0.3 is 5.97 Å². The fourth-order valence-corrected chi connectivity index (χ4v) is 0.839. The van der Waals surface area contributed by atoms with Gasteiger partial charge in [0.05, 0.1) is 6.61 Å². The van der Waals surface area contributed by atoms with Gasteiger partial charge in [-0.2, -0.15) is 0 Å². The quantitative estimate of drug-likeness (QED) is 0.355. The lowest BCUT2D eigenvalue weighted by Crippen LogP contribution is -2.34. The Morgan fingerprint density at radius 2 is 2.38 bits per heavy atom. The standard InChI is InChI=1S/C8H15N3O2/c1-2-13-7(12)5-10-8(9)11-6-3-4-6/h6H,2-5H2,1H3,(H3,9,10,11). The molecule has 0 spiro atoms. The molecule has 0 heterocycles. The number of rotatable bonds is 4. The lowest BCUT2D eigenvalue weighted by atomic mass is 10.6. The Morgan fingerprint density at radius 3 is 2.92 bits per heavy atom. The van der Waals surface area contributed by atoms with Crippen LogP contribution in [0.15, 0.2) is 4.99 Å². The summed E-state index contributed by atoms with van der Waals surface area (Å²) in [5.41, 5.74) is 5.49. The molecule has 0 saturated heterocycles. The summed E-state index contributed by atoms with van der Waals surface area (Å²) in [7, 11) is 0. The van der Waals surface area contributed by atoms with E-state index in [9.17, 15) is 4.79 Å². The summed E-state index contributed by atoms with van der Waals surface area (Å²) in [6.07, 6.45) is 2.27. The van der Waals surface area contributed by atoms with Crippen LogP contribution < -0.4 is 11.1 Å². The molecule has 0 radical (unpaired) electrons. The summed E-state index contributed by atoms with van der Waals surface area (Å²) < 4.78 is 4.68. The minimum atomic E-state index is -0.344. The number of nitrogens with two attached hydrogens (primary N) is 1. The second-order valence-electron chi connectivity index (χ2n) is 2.93. The number of nitrogens with one attached hydrogen (secondary N) is 1. The molecule has 0 aromatic rings. The van der Waals surface area contributed by atoms with Gasteiger partial charge in [0.2, 0.25) is 0 Å². The van der Waals surface area contributed by atoms with Gasteiger partial charge in [-0.1, -0.05) is 0 Å². The van der Waals surface area contributed by atoms with Gasteiger partial charge in [0.15, 0.2) is 5.96 Å². The molecule has 0 atom stereocenters. The molecule has 0 aromatic heterocycles. The average molecular weight is 185 g/mol. The van der Waals surface area contributed by atoms with Crippen molar-refractivity contribution >= 4 is 11.9 Å². The molecular weight excluding hydrogens is 170 g/mol. The smallest absolute Gasteiger partial charge is 0.327 e.